The average Bonchev–Trinajstić information content (AvgIpc) is 1.85. The van der Waals surface area contributed by atoms with Gasteiger partial charge in [0.15, 0.2) is 0 Å². The van der Waals surface area contributed by atoms with Gasteiger partial charge in [-0.05, 0) is 4.53 Å². The molecule has 0 saturated heterocycles. The van der Waals surface area contributed by atoms with Crippen LogP contribution in [0.3, 0.4) is 0 Å². The predicted octanol–water partition coefficient (Wildman–Crippen LogP) is 1.37. The maximum atomic E-state index is 11.6. The van der Waals surface area contributed by atoms with E-state index >= 15 is 0 Å². The normalized spacial score (nSPS) is 14.8. The second-order valence-electron chi connectivity index (χ2n) is 1.55. The standard InChI is InChI=1S/C2F6O3S/c3-1(4,11-7)2(5,6)12(8,9)10. The molecule has 0 spiro atoms. The van der Waals surface area contributed by atoms with Gasteiger partial charge in [-0.3, -0.25) is 0 Å². The van der Waals surface area contributed by atoms with E-state index in [-0.39, 0.29) is 0 Å². The molecule has 0 fully saturated rings. The number of rotatable bonds is 3. The van der Waals surface area contributed by atoms with Crippen LogP contribution < -0.4 is 0 Å². The number of hydrogen-bond donors (Lipinski definition) is 0. The first-order valence-electron chi connectivity index (χ1n) is 2.06. The SMILES string of the molecule is O=S(=O)(F)C(F)(F)C(F)(F)OF. The number of alkyl halides is 4. The third kappa shape index (κ3) is 1.63. The summed E-state index contributed by atoms with van der Waals surface area (Å²) in [5.41, 5.74) is 0. The summed E-state index contributed by atoms with van der Waals surface area (Å²) >= 11 is 0. The Bertz CT molecular complexity index is 256. The highest BCUT2D eigenvalue weighted by molar-refractivity contribution is 7.87. The van der Waals surface area contributed by atoms with Gasteiger partial charge < -0.3 is 0 Å². The van der Waals surface area contributed by atoms with Crippen LogP contribution >= 0.6 is 0 Å². The van der Waals surface area contributed by atoms with Gasteiger partial charge in [-0.15, -0.1) is 4.94 Å². The summed E-state index contributed by atoms with van der Waals surface area (Å²) in [5.74, 6) is 0. The van der Waals surface area contributed by atoms with Crippen LogP contribution in [0.4, 0.5) is 26.0 Å². The zero-order valence-corrected chi connectivity index (χ0v) is 5.72. The van der Waals surface area contributed by atoms with Crippen LogP contribution in [0, 0.1) is 0 Å². The second-order valence-corrected chi connectivity index (χ2v) is 2.94. The first-order valence-corrected chi connectivity index (χ1v) is 3.44. The first-order chi connectivity index (χ1) is 5.06. The molecule has 0 aliphatic rings. The lowest BCUT2D eigenvalue weighted by Crippen LogP contribution is -2.45. The lowest BCUT2D eigenvalue weighted by atomic mass is 10.7. The van der Waals surface area contributed by atoms with Gasteiger partial charge in [0.25, 0.3) is 0 Å². The van der Waals surface area contributed by atoms with Crippen LogP contribution in [0.2, 0.25) is 0 Å². The van der Waals surface area contributed by atoms with E-state index in [4.69, 9.17) is 0 Å². The minimum atomic E-state index is -6.92. The van der Waals surface area contributed by atoms with Crippen LogP contribution in [0.1, 0.15) is 0 Å². The molecule has 10 heteroatoms. The van der Waals surface area contributed by atoms with E-state index in [1.165, 1.54) is 4.94 Å². The van der Waals surface area contributed by atoms with Gasteiger partial charge >= 0.3 is 21.6 Å². The molecule has 0 aliphatic carbocycles. The fourth-order valence-corrected chi connectivity index (χ4v) is 0.502. The molecule has 74 valence electrons. The minimum Gasteiger partial charge on any atom is -0.188 e. The molecule has 0 saturated carbocycles. The molecular weight excluding hydrogens is 218 g/mol. The van der Waals surface area contributed by atoms with Crippen molar-refractivity contribution in [3.05, 3.63) is 0 Å². The molecule has 3 nitrogen and oxygen atoms in total. The Labute approximate surface area is 62.0 Å². The summed E-state index contributed by atoms with van der Waals surface area (Å²) in [6.07, 6.45) is -6.04. The molecule has 0 aromatic heterocycles. The van der Waals surface area contributed by atoms with Crippen molar-refractivity contribution >= 4 is 10.2 Å². The van der Waals surface area contributed by atoms with Crippen molar-refractivity contribution in [1.82, 2.24) is 0 Å². The largest absolute Gasteiger partial charge is 0.468 e. The maximum Gasteiger partial charge on any atom is 0.468 e. The summed E-state index contributed by atoms with van der Waals surface area (Å²) in [6.45, 7) is 0. The van der Waals surface area contributed by atoms with E-state index in [9.17, 15) is 34.4 Å². The number of halogens is 6. The Morgan fingerprint density at radius 1 is 1.08 bits per heavy atom. The lowest BCUT2D eigenvalue weighted by molar-refractivity contribution is -0.403. The average molecular weight is 218 g/mol. The second kappa shape index (κ2) is 2.76. The summed E-state index contributed by atoms with van der Waals surface area (Å²) in [7, 11) is -6.92. The molecular formula is C2F6O3S. The Morgan fingerprint density at radius 2 is 1.42 bits per heavy atom. The Kier molecular flexibility index (Phi) is 2.65. The van der Waals surface area contributed by atoms with Crippen molar-refractivity contribution in [2.75, 3.05) is 0 Å². The van der Waals surface area contributed by atoms with Crippen LogP contribution in [-0.2, 0) is 15.2 Å². The Hall–Kier alpha value is -0.510. The van der Waals surface area contributed by atoms with Gasteiger partial charge in [-0.25, -0.2) is 0 Å². The van der Waals surface area contributed by atoms with Gasteiger partial charge in [-0.2, -0.15) is 26.0 Å². The van der Waals surface area contributed by atoms with E-state index in [1.807, 2.05) is 0 Å². The monoisotopic (exact) mass is 218 g/mol. The molecule has 0 amide bonds. The smallest absolute Gasteiger partial charge is 0.188 e. The third-order valence-electron chi connectivity index (χ3n) is 0.742. The Morgan fingerprint density at radius 3 is 1.50 bits per heavy atom. The zero-order chi connectivity index (χ0) is 10.2. The summed E-state index contributed by atoms with van der Waals surface area (Å²) in [4.78, 5) is 1.33. The predicted molar refractivity (Wildman–Crippen MR) is 22.1 cm³/mol. The quantitative estimate of drug-likeness (QED) is 0.530. The van der Waals surface area contributed by atoms with Crippen molar-refractivity contribution < 1.29 is 39.3 Å². The van der Waals surface area contributed by atoms with Gasteiger partial charge in [0.1, 0.15) is 0 Å². The molecule has 0 aliphatic heterocycles. The fraction of sp³-hybridized carbons (Fsp3) is 1.00. The van der Waals surface area contributed by atoms with Crippen LogP contribution in [0.15, 0.2) is 0 Å². The highest BCUT2D eigenvalue weighted by atomic mass is 32.3. The van der Waals surface area contributed by atoms with Crippen molar-refractivity contribution in [2.45, 2.75) is 11.4 Å². The summed E-state index contributed by atoms with van der Waals surface area (Å²) in [5, 5.41) is -6.24. The maximum absolute atomic E-state index is 11.6. The van der Waals surface area contributed by atoms with Crippen molar-refractivity contribution in [2.24, 2.45) is 0 Å². The zero-order valence-electron chi connectivity index (χ0n) is 4.90. The topological polar surface area (TPSA) is 43.4 Å². The van der Waals surface area contributed by atoms with E-state index in [0.717, 1.165) is 0 Å². The van der Waals surface area contributed by atoms with E-state index in [0.29, 0.717) is 0 Å². The van der Waals surface area contributed by atoms with Crippen molar-refractivity contribution in [3.63, 3.8) is 0 Å². The summed E-state index contributed by atoms with van der Waals surface area (Å²) < 4.78 is 86.8. The van der Waals surface area contributed by atoms with Crippen molar-refractivity contribution in [3.8, 4) is 0 Å². The van der Waals surface area contributed by atoms with Gasteiger partial charge in [-0.1, -0.05) is 3.89 Å². The molecule has 0 N–H and O–H groups in total. The van der Waals surface area contributed by atoms with Gasteiger partial charge in [0.05, 0.1) is 0 Å². The highest BCUT2D eigenvalue weighted by Gasteiger charge is 2.69. The summed E-state index contributed by atoms with van der Waals surface area (Å²) in [6, 6.07) is 0. The third-order valence-corrected chi connectivity index (χ3v) is 1.59. The molecule has 0 bridgehead atoms. The number of hydrogen-bond acceptors (Lipinski definition) is 3. The molecule has 0 aromatic carbocycles. The van der Waals surface area contributed by atoms with Crippen LogP contribution in [0.5, 0.6) is 0 Å². The Balaban J connectivity index is 5.13. The van der Waals surface area contributed by atoms with E-state index in [2.05, 4.69) is 0 Å². The molecule has 0 heterocycles. The minimum absolute atomic E-state index is 1.33. The van der Waals surface area contributed by atoms with E-state index in [1.54, 1.807) is 0 Å². The molecule has 0 unspecified atom stereocenters. The molecule has 12 heavy (non-hydrogen) atoms. The van der Waals surface area contributed by atoms with Crippen molar-refractivity contribution in [1.29, 1.82) is 0 Å². The van der Waals surface area contributed by atoms with Gasteiger partial charge in [0, 0.05) is 0 Å². The molecule has 0 atom stereocenters. The lowest BCUT2D eigenvalue weighted by Gasteiger charge is -2.17. The van der Waals surface area contributed by atoms with Crippen LogP contribution in [0.25, 0.3) is 0 Å². The van der Waals surface area contributed by atoms with E-state index < -0.39 is 21.6 Å². The van der Waals surface area contributed by atoms with Crippen LogP contribution in [-0.4, -0.2) is 19.8 Å². The van der Waals surface area contributed by atoms with Gasteiger partial charge in [0.2, 0.25) is 0 Å². The molecule has 0 radical (unpaired) electrons. The first kappa shape index (κ1) is 11.5. The molecule has 0 aromatic rings. The fourth-order valence-electron chi connectivity index (χ4n) is 0.187. The molecule has 0 rings (SSSR count). The highest BCUT2D eigenvalue weighted by Crippen LogP contribution is 2.40.